The maximum Gasteiger partial charge on any atom is 0.227 e. The fourth-order valence-corrected chi connectivity index (χ4v) is 2.68. The second kappa shape index (κ2) is 6.60. The van der Waals surface area contributed by atoms with Crippen LogP contribution in [0.3, 0.4) is 0 Å². The Morgan fingerprint density at radius 2 is 1.83 bits per heavy atom. The van der Waals surface area contributed by atoms with Crippen molar-refractivity contribution in [3.63, 3.8) is 0 Å². The first-order valence-electron chi connectivity index (χ1n) is 7.51. The van der Waals surface area contributed by atoms with Gasteiger partial charge in [-0.3, -0.25) is 9.59 Å². The molecule has 2 aromatic carbocycles. The molecule has 0 saturated carbocycles. The minimum atomic E-state index is -0.358. The third kappa shape index (κ3) is 3.56. The van der Waals surface area contributed by atoms with Crippen LogP contribution in [-0.2, 0) is 16.1 Å². The molecule has 1 aliphatic rings. The second-order valence-electron chi connectivity index (χ2n) is 5.59. The van der Waals surface area contributed by atoms with Crippen LogP contribution in [0.1, 0.15) is 12.0 Å². The van der Waals surface area contributed by atoms with E-state index in [2.05, 4.69) is 5.32 Å². The molecule has 1 atom stereocenters. The Labute approximate surface area is 133 Å². The summed E-state index contributed by atoms with van der Waals surface area (Å²) in [5, 5.41) is 2.81. The molecule has 1 N–H and O–H groups in total. The lowest BCUT2D eigenvalue weighted by molar-refractivity contribution is -0.126. The molecule has 1 saturated heterocycles. The number of hydrogen-bond acceptors (Lipinski definition) is 2. The van der Waals surface area contributed by atoms with Gasteiger partial charge in [-0.25, -0.2) is 4.39 Å². The van der Waals surface area contributed by atoms with Crippen LogP contribution in [0.4, 0.5) is 10.1 Å². The predicted octanol–water partition coefficient (Wildman–Crippen LogP) is 2.50. The van der Waals surface area contributed by atoms with Gasteiger partial charge in [0.15, 0.2) is 0 Å². The zero-order chi connectivity index (χ0) is 16.2. The van der Waals surface area contributed by atoms with Gasteiger partial charge in [0.25, 0.3) is 0 Å². The van der Waals surface area contributed by atoms with Gasteiger partial charge in [0, 0.05) is 25.2 Å². The molecule has 3 rings (SSSR count). The number of carbonyl (C=O) groups excluding carboxylic acids is 2. The van der Waals surface area contributed by atoms with Crippen LogP contribution < -0.4 is 10.2 Å². The van der Waals surface area contributed by atoms with Gasteiger partial charge in [-0.15, -0.1) is 0 Å². The lowest BCUT2D eigenvalue weighted by Crippen LogP contribution is -2.32. The van der Waals surface area contributed by atoms with Crippen LogP contribution in [0, 0.1) is 11.7 Å². The average Bonchev–Trinajstić information content (AvgIpc) is 2.97. The predicted molar refractivity (Wildman–Crippen MR) is 85.1 cm³/mol. The maximum atomic E-state index is 12.8. The minimum absolute atomic E-state index is 0.0434. The Kier molecular flexibility index (Phi) is 4.37. The summed E-state index contributed by atoms with van der Waals surface area (Å²) in [5.41, 5.74) is 1.63. The standard InChI is InChI=1S/C18H17FN2O2/c19-15-8-6-13(7-9-15)11-20-18(23)14-10-17(22)21(12-14)16-4-2-1-3-5-16/h1-9,14H,10-12H2,(H,20,23)/t14-/m1/s1. The van der Waals surface area contributed by atoms with Crippen LogP contribution in [0.25, 0.3) is 0 Å². The number of nitrogens with zero attached hydrogens (tertiary/aromatic N) is 1. The molecule has 0 aliphatic carbocycles. The molecule has 0 spiro atoms. The smallest absolute Gasteiger partial charge is 0.227 e. The highest BCUT2D eigenvalue weighted by Gasteiger charge is 2.34. The number of rotatable bonds is 4. The summed E-state index contributed by atoms with van der Waals surface area (Å²) in [6, 6.07) is 15.3. The van der Waals surface area contributed by atoms with Gasteiger partial charge in [0.05, 0.1) is 5.92 Å². The van der Waals surface area contributed by atoms with Crippen molar-refractivity contribution in [2.45, 2.75) is 13.0 Å². The fraction of sp³-hybridized carbons (Fsp3) is 0.222. The molecule has 5 heteroatoms. The van der Waals surface area contributed by atoms with Crippen LogP contribution >= 0.6 is 0 Å². The van der Waals surface area contributed by atoms with E-state index in [1.54, 1.807) is 17.0 Å². The van der Waals surface area contributed by atoms with Gasteiger partial charge in [0.2, 0.25) is 11.8 Å². The Bertz CT molecular complexity index is 701. The first-order valence-corrected chi connectivity index (χ1v) is 7.51. The SMILES string of the molecule is O=C(NCc1ccc(F)cc1)[C@@H]1CC(=O)N(c2ccccc2)C1. The lowest BCUT2D eigenvalue weighted by Gasteiger charge is -2.16. The van der Waals surface area contributed by atoms with Crippen molar-refractivity contribution in [2.75, 3.05) is 11.4 Å². The summed E-state index contributed by atoms with van der Waals surface area (Å²) in [6.07, 6.45) is 0.212. The molecule has 2 amide bonds. The monoisotopic (exact) mass is 312 g/mol. The Balaban J connectivity index is 1.58. The van der Waals surface area contributed by atoms with E-state index < -0.39 is 0 Å². The molecule has 0 aromatic heterocycles. The van der Waals surface area contributed by atoms with Crippen molar-refractivity contribution in [1.82, 2.24) is 5.32 Å². The highest BCUT2D eigenvalue weighted by molar-refractivity contribution is 6.00. The Morgan fingerprint density at radius 3 is 2.52 bits per heavy atom. The number of carbonyl (C=O) groups is 2. The molecule has 23 heavy (non-hydrogen) atoms. The molecule has 0 radical (unpaired) electrons. The molecular formula is C18H17FN2O2. The van der Waals surface area contributed by atoms with Gasteiger partial charge in [-0.05, 0) is 29.8 Å². The molecule has 4 nitrogen and oxygen atoms in total. The molecule has 1 heterocycles. The highest BCUT2D eigenvalue weighted by Crippen LogP contribution is 2.24. The van der Waals surface area contributed by atoms with Crippen molar-refractivity contribution in [1.29, 1.82) is 0 Å². The largest absolute Gasteiger partial charge is 0.352 e. The lowest BCUT2D eigenvalue weighted by atomic mass is 10.1. The number of benzene rings is 2. The van der Waals surface area contributed by atoms with E-state index >= 15 is 0 Å². The second-order valence-corrected chi connectivity index (χ2v) is 5.59. The van der Waals surface area contributed by atoms with Crippen molar-refractivity contribution in [2.24, 2.45) is 5.92 Å². The molecule has 0 bridgehead atoms. The number of hydrogen-bond donors (Lipinski definition) is 1. The van der Waals surface area contributed by atoms with Crippen LogP contribution in [-0.4, -0.2) is 18.4 Å². The summed E-state index contributed by atoms with van der Waals surface area (Å²) < 4.78 is 12.8. The topological polar surface area (TPSA) is 49.4 Å². The van der Waals surface area contributed by atoms with Gasteiger partial charge in [-0.2, -0.15) is 0 Å². The molecule has 2 aromatic rings. The van der Waals surface area contributed by atoms with Crippen molar-refractivity contribution < 1.29 is 14.0 Å². The Morgan fingerprint density at radius 1 is 1.13 bits per heavy atom. The number of amides is 2. The first-order chi connectivity index (χ1) is 11.1. The highest BCUT2D eigenvalue weighted by atomic mass is 19.1. The summed E-state index contributed by atoms with van der Waals surface area (Å²) in [6.45, 7) is 0.716. The molecule has 1 aliphatic heterocycles. The zero-order valence-corrected chi connectivity index (χ0v) is 12.5. The van der Waals surface area contributed by atoms with Crippen molar-refractivity contribution in [3.8, 4) is 0 Å². The Hall–Kier alpha value is -2.69. The minimum Gasteiger partial charge on any atom is -0.352 e. The van der Waals surface area contributed by atoms with Gasteiger partial charge in [0.1, 0.15) is 5.82 Å². The number of para-hydroxylation sites is 1. The van der Waals surface area contributed by atoms with Crippen molar-refractivity contribution >= 4 is 17.5 Å². The van der Waals surface area contributed by atoms with E-state index in [0.29, 0.717) is 13.1 Å². The first kappa shape index (κ1) is 15.2. The van der Waals surface area contributed by atoms with Crippen LogP contribution in [0.15, 0.2) is 54.6 Å². The number of halogens is 1. The summed E-state index contributed by atoms with van der Waals surface area (Å²) in [4.78, 5) is 26.0. The van der Waals surface area contributed by atoms with Crippen LogP contribution in [0.5, 0.6) is 0 Å². The normalized spacial score (nSPS) is 17.3. The van der Waals surface area contributed by atoms with Crippen LogP contribution in [0.2, 0.25) is 0 Å². The van der Waals surface area contributed by atoms with E-state index in [4.69, 9.17) is 0 Å². The van der Waals surface area contributed by atoms with Crippen molar-refractivity contribution in [3.05, 3.63) is 66.0 Å². The summed E-state index contributed by atoms with van der Waals surface area (Å²) in [7, 11) is 0. The average molecular weight is 312 g/mol. The third-order valence-electron chi connectivity index (χ3n) is 3.94. The molecular weight excluding hydrogens is 295 g/mol. The molecule has 118 valence electrons. The quantitative estimate of drug-likeness (QED) is 0.943. The van der Waals surface area contributed by atoms with E-state index in [1.807, 2.05) is 30.3 Å². The fourth-order valence-electron chi connectivity index (χ4n) is 2.68. The molecule has 0 unspecified atom stereocenters. The summed E-state index contributed by atoms with van der Waals surface area (Å²) >= 11 is 0. The third-order valence-corrected chi connectivity index (χ3v) is 3.94. The van der Waals surface area contributed by atoms with Gasteiger partial charge < -0.3 is 10.2 Å². The zero-order valence-electron chi connectivity index (χ0n) is 12.5. The summed E-state index contributed by atoms with van der Waals surface area (Å²) in [5.74, 6) is -0.859. The molecule has 1 fully saturated rings. The van der Waals surface area contributed by atoms with E-state index in [-0.39, 0.29) is 30.0 Å². The maximum absolute atomic E-state index is 12.8. The van der Waals surface area contributed by atoms with E-state index in [1.165, 1.54) is 12.1 Å². The van der Waals surface area contributed by atoms with Gasteiger partial charge in [-0.1, -0.05) is 30.3 Å². The van der Waals surface area contributed by atoms with E-state index in [9.17, 15) is 14.0 Å². The number of anilines is 1. The number of nitrogens with one attached hydrogen (secondary N) is 1. The van der Waals surface area contributed by atoms with Gasteiger partial charge >= 0.3 is 0 Å². The van der Waals surface area contributed by atoms with E-state index in [0.717, 1.165) is 11.3 Å².